The number of phenolic OH excluding ortho intramolecular Hbond substituents is 1. The SMILES string of the molecule is COc1ccc(F)c(-c2cc(C(=O)O)no2)c1O. The number of halogens is 1. The van der Waals surface area contributed by atoms with E-state index in [1.165, 1.54) is 13.2 Å². The third-order valence-corrected chi connectivity index (χ3v) is 2.29. The molecule has 0 amide bonds. The molecule has 1 heterocycles. The van der Waals surface area contributed by atoms with E-state index < -0.39 is 17.5 Å². The van der Waals surface area contributed by atoms with Crippen molar-refractivity contribution in [3.63, 3.8) is 0 Å². The van der Waals surface area contributed by atoms with Crippen LogP contribution in [0.5, 0.6) is 11.5 Å². The Kier molecular flexibility index (Phi) is 2.88. The van der Waals surface area contributed by atoms with E-state index in [1.807, 2.05) is 0 Å². The number of phenols is 1. The number of hydrogen-bond donors (Lipinski definition) is 2. The smallest absolute Gasteiger partial charge is 0.358 e. The first kappa shape index (κ1) is 11.9. The van der Waals surface area contributed by atoms with Crippen LogP contribution in [0.15, 0.2) is 22.7 Å². The molecule has 94 valence electrons. The quantitative estimate of drug-likeness (QED) is 0.867. The van der Waals surface area contributed by atoms with Crippen molar-refractivity contribution in [2.45, 2.75) is 0 Å². The Labute approximate surface area is 100 Å². The minimum atomic E-state index is -1.31. The van der Waals surface area contributed by atoms with Gasteiger partial charge in [-0.1, -0.05) is 5.16 Å². The average Bonchev–Trinajstić information content (AvgIpc) is 2.79. The van der Waals surface area contributed by atoms with E-state index in [2.05, 4.69) is 9.68 Å². The van der Waals surface area contributed by atoms with Crippen LogP contribution in [0.1, 0.15) is 10.5 Å². The van der Waals surface area contributed by atoms with E-state index in [0.717, 1.165) is 12.1 Å². The second-order valence-electron chi connectivity index (χ2n) is 3.35. The zero-order chi connectivity index (χ0) is 13.3. The highest BCUT2D eigenvalue weighted by atomic mass is 19.1. The highest BCUT2D eigenvalue weighted by Gasteiger charge is 2.21. The summed E-state index contributed by atoms with van der Waals surface area (Å²) < 4.78 is 23.1. The lowest BCUT2D eigenvalue weighted by molar-refractivity contribution is 0.0686. The van der Waals surface area contributed by atoms with Crippen molar-refractivity contribution in [1.82, 2.24) is 5.16 Å². The van der Waals surface area contributed by atoms with Gasteiger partial charge in [0.25, 0.3) is 0 Å². The first-order valence-electron chi connectivity index (χ1n) is 4.80. The molecule has 1 aromatic heterocycles. The van der Waals surface area contributed by atoms with Gasteiger partial charge in [0.1, 0.15) is 11.4 Å². The van der Waals surface area contributed by atoms with Crippen molar-refractivity contribution in [2.24, 2.45) is 0 Å². The molecule has 7 heteroatoms. The minimum Gasteiger partial charge on any atom is -0.504 e. The van der Waals surface area contributed by atoms with Crippen molar-refractivity contribution >= 4 is 5.97 Å². The Morgan fingerprint density at radius 1 is 1.50 bits per heavy atom. The molecule has 2 rings (SSSR count). The standard InChI is InChI=1S/C11H8FNO5/c1-17-7-3-2-5(12)9(10(7)14)8-4-6(11(15)16)13-18-8/h2-4,14H,1H3,(H,15,16). The topological polar surface area (TPSA) is 92.8 Å². The number of ether oxygens (including phenoxy) is 1. The van der Waals surface area contributed by atoms with E-state index in [0.29, 0.717) is 0 Å². The molecular weight excluding hydrogens is 245 g/mol. The van der Waals surface area contributed by atoms with Gasteiger partial charge in [-0.05, 0) is 12.1 Å². The van der Waals surface area contributed by atoms with Crippen molar-refractivity contribution in [3.05, 3.63) is 29.7 Å². The Morgan fingerprint density at radius 2 is 2.22 bits per heavy atom. The summed E-state index contributed by atoms with van der Waals surface area (Å²) >= 11 is 0. The fourth-order valence-electron chi connectivity index (χ4n) is 1.44. The Bertz CT molecular complexity index is 607. The molecule has 0 aliphatic rings. The number of carboxylic acid groups (broad SMARTS) is 1. The molecule has 0 unspecified atom stereocenters. The number of aromatic carboxylic acids is 1. The molecule has 0 atom stereocenters. The van der Waals surface area contributed by atoms with Crippen LogP contribution in [0.3, 0.4) is 0 Å². The summed E-state index contributed by atoms with van der Waals surface area (Å²) in [7, 11) is 1.31. The number of carbonyl (C=O) groups is 1. The van der Waals surface area contributed by atoms with Crippen LogP contribution in [0, 0.1) is 5.82 Å². The highest BCUT2D eigenvalue weighted by Crippen LogP contribution is 2.39. The predicted molar refractivity (Wildman–Crippen MR) is 57.1 cm³/mol. The van der Waals surface area contributed by atoms with Crippen molar-refractivity contribution < 1.29 is 28.7 Å². The largest absolute Gasteiger partial charge is 0.504 e. The van der Waals surface area contributed by atoms with Gasteiger partial charge in [0.2, 0.25) is 0 Å². The predicted octanol–water partition coefficient (Wildman–Crippen LogP) is 1.89. The lowest BCUT2D eigenvalue weighted by atomic mass is 10.1. The Morgan fingerprint density at radius 3 is 2.78 bits per heavy atom. The fourth-order valence-corrected chi connectivity index (χ4v) is 1.44. The fraction of sp³-hybridized carbons (Fsp3) is 0.0909. The second kappa shape index (κ2) is 4.36. The molecule has 1 aromatic carbocycles. The van der Waals surface area contributed by atoms with Crippen LogP contribution in [-0.2, 0) is 0 Å². The molecule has 0 saturated heterocycles. The maximum Gasteiger partial charge on any atom is 0.358 e. The molecule has 0 aliphatic heterocycles. The molecule has 18 heavy (non-hydrogen) atoms. The number of methoxy groups -OCH3 is 1. The number of benzene rings is 1. The number of rotatable bonds is 3. The van der Waals surface area contributed by atoms with Crippen LogP contribution < -0.4 is 4.74 Å². The number of aromatic hydroxyl groups is 1. The molecule has 0 aliphatic carbocycles. The second-order valence-corrected chi connectivity index (χ2v) is 3.35. The average molecular weight is 253 g/mol. The lowest BCUT2D eigenvalue weighted by Crippen LogP contribution is -1.94. The molecule has 0 bridgehead atoms. The Balaban J connectivity index is 2.58. The summed E-state index contributed by atoms with van der Waals surface area (Å²) in [5, 5.41) is 21.7. The van der Waals surface area contributed by atoms with Gasteiger partial charge < -0.3 is 19.5 Å². The van der Waals surface area contributed by atoms with Gasteiger partial charge in [-0.25, -0.2) is 9.18 Å². The molecule has 0 radical (unpaired) electrons. The summed E-state index contributed by atoms with van der Waals surface area (Å²) in [4.78, 5) is 10.6. The number of aromatic nitrogens is 1. The summed E-state index contributed by atoms with van der Waals surface area (Å²) in [6.45, 7) is 0. The number of hydrogen-bond acceptors (Lipinski definition) is 5. The third-order valence-electron chi connectivity index (χ3n) is 2.29. The third kappa shape index (κ3) is 1.86. The molecule has 0 spiro atoms. The van der Waals surface area contributed by atoms with Crippen LogP contribution in [-0.4, -0.2) is 28.4 Å². The normalized spacial score (nSPS) is 10.3. The van der Waals surface area contributed by atoms with E-state index in [1.54, 1.807) is 0 Å². The van der Waals surface area contributed by atoms with Crippen LogP contribution in [0.25, 0.3) is 11.3 Å². The van der Waals surface area contributed by atoms with Crippen LogP contribution in [0.2, 0.25) is 0 Å². The first-order chi connectivity index (χ1) is 8.54. The zero-order valence-corrected chi connectivity index (χ0v) is 9.18. The minimum absolute atomic E-state index is 0.0414. The number of carboxylic acids is 1. The van der Waals surface area contributed by atoms with Gasteiger partial charge in [-0.2, -0.15) is 0 Å². The van der Waals surface area contributed by atoms with E-state index in [9.17, 15) is 14.3 Å². The van der Waals surface area contributed by atoms with E-state index in [-0.39, 0.29) is 22.8 Å². The van der Waals surface area contributed by atoms with Gasteiger partial charge in [-0.3, -0.25) is 0 Å². The molecular formula is C11H8FNO5. The van der Waals surface area contributed by atoms with Gasteiger partial charge in [0.15, 0.2) is 23.0 Å². The molecule has 6 nitrogen and oxygen atoms in total. The van der Waals surface area contributed by atoms with Gasteiger partial charge >= 0.3 is 5.97 Å². The van der Waals surface area contributed by atoms with Gasteiger partial charge in [0.05, 0.1) is 7.11 Å². The zero-order valence-electron chi connectivity index (χ0n) is 9.18. The van der Waals surface area contributed by atoms with Crippen LogP contribution in [0.4, 0.5) is 4.39 Å². The molecule has 0 fully saturated rings. The summed E-state index contributed by atoms with van der Waals surface area (Å²) in [5.41, 5.74) is -0.680. The van der Waals surface area contributed by atoms with Crippen molar-refractivity contribution in [3.8, 4) is 22.8 Å². The molecule has 0 saturated carbocycles. The summed E-state index contributed by atoms with van der Waals surface area (Å²) in [6, 6.07) is 3.32. The summed E-state index contributed by atoms with van der Waals surface area (Å²) in [6.07, 6.45) is 0. The van der Waals surface area contributed by atoms with Crippen molar-refractivity contribution in [2.75, 3.05) is 7.11 Å². The number of nitrogens with zero attached hydrogens (tertiary/aromatic N) is 1. The lowest BCUT2D eigenvalue weighted by Gasteiger charge is -2.07. The van der Waals surface area contributed by atoms with Crippen molar-refractivity contribution in [1.29, 1.82) is 0 Å². The molecule has 2 N–H and O–H groups in total. The first-order valence-corrected chi connectivity index (χ1v) is 4.80. The van der Waals surface area contributed by atoms with E-state index in [4.69, 9.17) is 9.84 Å². The molecule has 2 aromatic rings. The van der Waals surface area contributed by atoms with Gasteiger partial charge in [0, 0.05) is 6.07 Å². The summed E-state index contributed by atoms with van der Waals surface area (Å²) in [5.74, 6) is -2.72. The maximum absolute atomic E-state index is 13.6. The van der Waals surface area contributed by atoms with Crippen LogP contribution >= 0.6 is 0 Å². The van der Waals surface area contributed by atoms with E-state index >= 15 is 0 Å². The Hall–Kier alpha value is -2.57. The monoisotopic (exact) mass is 253 g/mol. The van der Waals surface area contributed by atoms with Gasteiger partial charge in [-0.15, -0.1) is 0 Å². The maximum atomic E-state index is 13.6. The highest BCUT2D eigenvalue weighted by molar-refractivity contribution is 5.87.